The minimum Gasteiger partial charge on any atom is -0.352 e. The molecule has 4 aromatic carbocycles. The highest BCUT2D eigenvalue weighted by Crippen LogP contribution is 2.28. The third-order valence-corrected chi connectivity index (χ3v) is 10.3. The van der Waals surface area contributed by atoms with Crippen LogP contribution in [0.15, 0.2) is 112 Å². The molecule has 0 aliphatic carbocycles. The van der Waals surface area contributed by atoms with E-state index in [1.807, 2.05) is 44.2 Å². The van der Waals surface area contributed by atoms with E-state index in [1.54, 1.807) is 60.7 Å². The molecule has 0 saturated heterocycles. The van der Waals surface area contributed by atoms with Crippen LogP contribution in [0.25, 0.3) is 0 Å². The molecule has 0 aliphatic rings. The van der Waals surface area contributed by atoms with E-state index in [4.69, 9.17) is 23.2 Å². The summed E-state index contributed by atoms with van der Waals surface area (Å²) in [5.41, 5.74) is 1.77. The number of amides is 2. The van der Waals surface area contributed by atoms with Gasteiger partial charge in [0.25, 0.3) is 10.0 Å². The maximum atomic E-state index is 14.5. The third kappa shape index (κ3) is 9.10. The normalized spacial score (nSPS) is 12.6. The van der Waals surface area contributed by atoms with Crippen molar-refractivity contribution in [1.82, 2.24) is 10.2 Å². The molecule has 7 nitrogen and oxygen atoms in total. The highest BCUT2D eigenvalue weighted by Gasteiger charge is 2.35. The summed E-state index contributed by atoms with van der Waals surface area (Å²) in [6.07, 6.45) is 0.898. The fourth-order valence-corrected chi connectivity index (χ4v) is 6.84. The van der Waals surface area contributed by atoms with Gasteiger partial charge in [-0.3, -0.25) is 13.9 Å². The lowest BCUT2D eigenvalue weighted by molar-refractivity contribution is -0.140. The number of hydrogen-bond acceptors (Lipinski definition) is 4. The molecule has 1 N–H and O–H groups in total. The number of sulfonamides is 1. The molecule has 0 radical (unpaired) electrons. The number of anilines is 1. The second kappa shape index (κ2) is 15.8. The molecule has 0 aromatic heterocycles. The van der Waals surface area contributed by atoms with Gasteiger partial charge in [0.1, 0.15) is 12.6 Å². The van der Waals surface area contributed by atoms with E-state index in [-0.39, 0.29) is 29.8 Å². The molecule has 0 fully saturated rings. The minimum absolute atomic E-state index is 0.0150. The Morgan fingerprint density at radius 3 is 2.13 bits per heavy atom. The van der Waals surface area contributed by atoms with Gasteiger partial charge in [-0.05, 0) is 66.9 Å². The zero-order chi connectivity index (χ0) is 32.6. The van der Waals surface area contributed by atoms with Crippen LogP contribution in [-0.4, -0.2) is 43.8 Å². The molecule has 45 heavy (non-hydrogen) atoms. The number of nitrogens with one attached hydrogen (secondary N) is 1. The molecule has 2 atom stereocenters. The maximum absolute atomic E-state index is 14.5. The lowest BCUT2D eigenvalue weighted by atomic mass is 10.0. The van der Waals surface area contributed by atoms with Crippen LogP contribution >= 0.6 is 39.1 Å². The van der Waals surface area contributed by atoms with E-state index < -0.39 is 28.5 Å². The number of carbonyl (C=O) groups is 2. The first-order chi connectivity index (χ1) is 21.5. The van der Waals surface area contributed by atoms with Crippen molar-refractivity contribution in [2.45, 2.75) is 50.2 Å². The molecule has 236 valence electrons. The highest BCUT2D eigenvalue weighted by atomic mass is 79.9. The molecule has 0 aliphatic heterocycles. The molecule has 0 bridgehead atoms. The minimum atomic E-state index is -4.19. The topological polar surface area (TPSA) is 86.8 Å². The Kier molecular flexibility index (Phi) is 12.1. The van der Waals surface area contributed by atoms with Crippen LogP contribution in [-0.2, 0) is 32.6 Å². The van der Waals surface area contributed by atoms with Gasteiger partial charge < -0.3 is 10.2 Å². The van der Waals surface area contributed by atoms with Gasteiger partial charge in [-0.25, -0.2) is 8.42 Å². The highest BCUT2D eigenvalue weighted by molar-refractivity contribution is 9.10. The molecular formula is C34H34BrCl2N3O4S. The summed E-state index contributed by atoms with van der Waals surface area (Å²) in [6, 6.07) is 27.9. The van der Waals surface area contributed by atoms with E-state index >= 15 is 0 Å². The molecule has 4 aromatic rings. The van der Waals surface area contributed by atoms with Crippen molar-refractivity contribution in [3.63, 3.8) is 0 Å². The van der Waals surface area contributed by atoms with Crippen LogP contribution in [0.3, 0.4) is 0 Å². The van der Waals surface area contributed by atoms with E-state index in [0.29, 0.717) is 32.2 Å². The summed E-state index contributed by atoms with van der Waals surface area (Å²) in [5.74, 6) is -0.915. The van der Waals surface area contributed by atoms with Crippen molar-refractivity contribution in [3.8, 4) is 0 Å². The predicted octanol–water partition coefficient (Wildman–Crippen LogP) is 7.51. The smallest absolute Gasteiger partial charge is 0.264 e. The van der Waals surface area contributed by atoms with Crippen LogP contribution in [0.1, 0.15) is 31.4 Å². The SMILES string of the molecule is CC[C@H](C)NC(=O)[C@@H](Cc1ccccc1)N(Cc1ccc(Cl)c(Cl)c1)C(=O)CN(c1cccc(Br)c1)S(=O)(=O)c1ccccc1. The fourth-order valence-electron chi connectivity index (χ4n) is 4.71. The molecule has 2 amide bonds. The Bertz CT molecular complexity index is 1730. The maximum Gasteiger partial charge on any atom is 0.264 e. The van der Waals surface area contributed by atoms with Crippen molar-refractivity contribution >= 4 is 66.7 Å². The summed E-state index contributed by atoms with van der Waals surface area (Å²) in [7, 11) is -4.19. The van der Waals surface area contributed by atoms with Gasteiger partial charge >= 0.3 is 0 Å². The first-order valence-electron chi connectivity index (χ1n) is 14.4. The summed E-state index contributed by atoms with van der Waals surface area (Å²) in [5, 5.41) is 3.67. The Hall–Kier alpha value is -3.37. The molecule has 0 spiro atoms. The number of hydrogen-bond donors (Lipinski definition) is 1. The van der Waals surface area contributed by atoms with Gasteiger partial charge in [-0.1, -0.05) is 107 Å². The first kappa shape index (κ1) is 34.5. The van der Waals surface area contributed by atoms with Crippen LogP contribution in [0.5, 0.6) is 0 Å². The molecule has 11 heteroatoms. The van der Waals surface area contributed by atoms with Gasteiger partial charge in [0.2, 0.25) is 11.8 Å². The number of rotatable bonds is 13. The van der Waals surface area contributed by atoms with Gasteiger partial charge in [-0.15, -0.1) is 0 Å². The Labute approximate surface area is 283 Å². The van der Waals surface area contributed by atoms with Crippen molar-refractivity contribution in [2.75, 3.05) is 10.8 Å². The quantitative estimate of drug-likeness (QED) is 0.154. The second-order valence-electron chi connectivity index (χ2n) is 10.6. The summed E-state index contributed by atoms with van der Waals surface area (Å²) < 4.78 is 29.8. The Morgan fingerprint density at radius 1 is 0.844 bits per heavy atom. The molecule has 0 saturated carbocycles. The van der Waals surface area contributed by atoms with Crippen molar-refractivity contribution in [2.24, 2.45) is 0 Å². The number of halogens is 3. The van der Waals surface area contributed by atoms with E-state index in [9.17, 15) is 18.0 Å². The number of nitrogens with zero attached hydrogens (tertiary/aromatic N) is 2. The summed E-state index contributed by atoms with van der Waals surface area (Å²) in [4.78, 5) is 29.9. The van der Waals surface area contributed by atoms with Crippen molar-refractivity contribution < 1.29 is 18.0 Å². The van der Waals surface area contributed by atoms with E-state index in [0.717, 1.165) is 9.87 Å². The van der Waals surface area contributed by atoms with Gasteiger partial charge in [0.05, 0.1) is 20.6 Å². The fraction of sp³-hybridized carbons (Fsp3) is 0.235. The van der Waals surface area contributed by atoms with Crippen LogP contribution in [0, 0.1) is 0 Å². The Morgan fingerprint density at radius 2 is 1.51 bits per heavy atom. The molecule has 0 heterocycles. The number of carbonyl (C=O) groups excluding carboxylic acids is 2. The average molecular weight is 732 g/mol. The third-order valence-electron chi connectivity index (χ3n) is 7.32. The summed E-state index contributed by atoms with van der Waals surface area (Å²) in [6.45, 7) is 3.28. The van der Waals surface area contributed by atoms with Gasteiger partial charge in [0, 0.05) is 23.5 Å². The molecule has 4 rings (SSSR count). The second-order valence-corrected chi connectivity index (χ2v) is 14.2. The monoisotopic (exact) mass is 729 g/mol. The standard InChI is InChI=1S/C34H34BrCl2N3O4S/c1-3-24(2)38-34(42)32(20-25-11-6-4-7-12-25)39(22-26-17-18-30(36)31(37)19-26)33(41)23-40(28-14-10-13-27(35)21-28)45(43,44)29-15-8-5-9-16-29/h4-19,21,24,32H,3,20,22-23H2,1-2H3,(H,38,42)/t24-,32+/m0/s1. The van der Waals surface area contributed by atoms with Crippen molar-refractivity contribution in [1.29, 1.82) is 0 Å². The largest absolute Gasteiger partial charge is 0.352 e. The van der Waals surface area contributed by atoms with Crippen LogP contribution in [0.4, 0.5) is 5.69 Å². The zero-order valence-corrected chi connectivity index (χ0v) is 28.8. The van der Waals surface area contributed by atoms with Gasteiger partial charge in [0.15, 0.2) is 0 Å². The first-order valence-corrected chi connectivity index (χ1v) is 17.4. The molecule has 0 unspecified atom stereocenters. The van der Waals surface area contributed by atoms with Crippen LogP contribution < -0.4 is 9.62 Å². The lowest BCUT2D eigenvalue weighted by Crippen LogP contribution is -2.54. The Balaban J connectivity index is 1.82. The van der Waals surface area contributed by atoms with E-state index in [2.05, 4.69) is 21.2 Å². The number of benzene rings is 4. The zero-order valence-electron chi connectivity index (χ0n) is 24.9. The summed E-state index contributed by atoms with van der Waals surface area (Å²) >= 11 is 15.9. The van der Waals surface area contributed by atoms with Crippen LogP contribution in [0.2, 0.25) is 10.0 Å². The van der Waals surface area contributed by atoms with Crippen molar-refractivity contribution in [3.05, 3.63) is 129 Å². The predicted molar refractivity (Wildman–Crippen MR) is 184 cm³/mol. The average Bonchev–Trinajstić information content (AvgIpc) is 3.03. The van der Waals surface area contributed by atoms with Gasteiger partial charge in [-0.2, -0.15) is 0 Å². The molecular weight excluding hydrogens is 697 g/mol. The van der Waals surface area contributed by atoms with E-state index in [1.165, 1.54) is 17.0 Å². The lowest BCUT2D eigenvalue weighted by Gasteiger charge is -2.34.